The van der Waals surface area contributed by atoms with Crippen LogP contribution in [0.3, 0.4) is 0 Å². The molecule has 0 saturated heterocycles. The number of hydrogen-bond acceptors (Lipinski definition) is 6. The number of carbonyl (C=O) groups excluding carboxylic acids is 1. The van der Waals surface area contributed by atoms with Crippen LogP contribution in [0.4, 0.5) is 5.69 Å². The molecule has 2 aromatic carbocycles. The van der Waals surface area contributed by atoms with E-state index in [1.807, 2.05) is 31.2 Å². The highest BCUT2D eigenvalue weighted by Crippen LogP contribution is 2.58. The number of esters is 1. The molecule has 7 heteroatoms. The minimum atomic E-state index is -0.816. The van der Waals surface area contributed by atoms with Gasteiger partial charge in [0.1, 0.15) is 18.2 Å². The molecule has 36 heavy (non-hydrogen) atoms. The van der Waals surface area contributed by atoms with E-state index in [0.29, 0.717) is 30.4 Å². The fourth-order valence-corrected chi connectivity index (χ4v) is 6.86. The maximum absolute atomic E-state index is 13.2. The number of hydrogen-bond donors (Lipinski definition) is 2. The van der Waals surface area contributed by atoms with Crippen molar-refractivity contribution in [1.82, 2.24) is 0 Å². The Labute approximate surface area is 218 Å². The van der Waals surface area contributed by atoms with Gasteiger partial charge < -0.3 is 24.6 Å². The van der Waals surface area contributed by atoms with Gasteiger partial charge >= 0.3 is 5.97 Å². The second-order valence-electron chi connectivity index (χ2n) is 11.0. The average molecular weight is 514 g/mol. The first-order valence-electron chi connectivity index (χ1n) is 13.0. The molecule has 3 aliphatic rings. The van der Waals surface area contributed by atoms with Gasteiger partial charge in [-0.15, -0.1) is 0 Å². The Bertz CT molecular complexity index is 1130. The van der Waals surface area contributed by atoms with Crippen LogP contribution in [0.1, 0.15) is 57.1 Å². The number of carbonyl (C=O) groups is 1. The minimum absolute atomic E-state index is 0.0315. The zero-order valence-corrected chi connectivity index (χ0v) is 22.1. The zero-order chi connectivity index (χ0) is 25.5. The summed E-state index contributed by atoms with van der Waals surface area (Å²) in [6, 6.07) is 11.8. The van der Waals surface area contributed by atoms with E-state index in [2.05, 4.69) is 24.4 Å². The molecule has 2 aromatic rings. The van der Waals surface area contributed by atoms with Gasteiger partial charge in [0.25, 0.3) is 0 Å². The summed E-state index contributed by atoms with van der Waals surface area (Å²) >= 11 is 6.23. The Hall–Kier alpha value is -2.44. The van der Waals surface area contributed by atoms with Crippen LogP contribution in [0.25, 0.3) is 0 Å². The van der Waals surface area contributed by atoms with Gasteiger partial charge in [0, 0.05) is 17.3 Å². The van der Waals surface area contributed by atoms with Crippen molar-refractivity contribution < 1.29 is 24.1 Å². The van der Waals surface area contributed by atoms with E-state index in [1.165, 1.54) is 18.2 Å². The monoisotopic (exact) mass is 513 g/mol. The lowest BCUT2D eigenvalue weighted by molar-refractivity contribution is -0.148. The van der Waals surface area contributed by atoms with Crippen molar-refractivity contribution in [1.29, 1.82) is 0 Å². The lowest BCUT2D eigenvalue weighted by Gasteiger charge is -2.47. The summed E-state index contributed by atoms with van der Waals surface area (Å²) < 4.78 is 17.4. The summed E-state index contributed by atoms with van der Waals surface area (Å²) in [7, 11) is 1.45. The number of aliphatic hydroxyl groups is 1. The van der Waals surface area contributed by atoms with Crippen LogP contribution in [-0.4, -0.2) is 43.0 Å². The molecule has 1 aliphatic heterocycles. The van der Waals surface area contributed by atoms with E-state index in [1.54, 1.807) is 0 Å². The molecule has 2 aliphatic carbocycles. The molecule has 1 saturated carbocycles. The predicted octanol–water partition coefficient (Wildman–Crippen LogP) is 5.53. The number of benzene rings is 2. The van der Waals surface area contributed by atoms with Gasteiger partial charge in [-0.25, -0.2) is 4.79 Å². The number of ether oxygens (including phenoxy) is 3. The van der Waals surface area contributed by atoms with Crippen LogP contribution in [0.15, 0.2) is 36.4 Å². The largest absolute Gasteiger partial charge is 0.486 e. The molecule has 1 heterocycles. The van der Waals surface area contributed by atoms with Crippen molar-refractivity contribution in [2.24, 2.45) is 11.8 Å². The van der Waals surface area contributed by atoms with E-state index in [4.69, 9.17) is 25.8 Å². The summed E-state index contributed by atoms with van der Waals surface area (Å²) in [5, 5.41) is 14.0. The molecule has 194 valence electrons. The molecular weight excluding hydrogens is 478 g/mol. The smallest absolute Gasteiger partial charge is 0.331 e. The topological polar surface area (TPSA) is 77.0 Å². The number of fused-ring (bicyclic) bond motifs is 3. The van der Waals surface area contributed by atoms with Gasteiger partial charge in [-0.2, -0.15) is 0 Å². The van der Waals surface area contributed by atoms with Gasteiger partial charge in [0.15, 0.2) is 11.5 Å². The molecule has 0 unspecified atom stereocenters. The first kappa shape index (κ1) is 25.2. The quantitative estimate of drug-likeness (QED) is 0.495. The lowest BCUT2D eigenvalue weighted by Crippen LogP contribution is -2.53. The van der Waals surface area contributed by atoms with Crippen LogP contribution < -0.4 is 14.8 Å². The number of anilines is 1. The van der Waals surface area contributed by atoms with Gasteiger partial charge in [0.2, 0.25) is 0 Å². The first-order valence-corrected chi connectivity index (χ1v) is 13.4. The molecule has 0 amide bonds. The number of halogens is 1. The lowest BCUT2D eigenvalue weighted by atomic mass is 9.59. The van der Waals surface area contributed by atoms with Crippen LogP contribution in [-0.2, 0) is 21.4 Å². The molecule has 1 fully saturated rings. The van der Waals surface area contributed by atoms with Crippen LogP contribution in [0.5, 0.6) is 11.5 Å². The molecule has 6 nitrogen and oxygen atoms in total. The highest BCUT2D eigenvalue weighted by molar-refractivity contribution is 6.30. The summed E-state index contributed by atoms with van der Waals surface area (Å²) in [5.41, 5.74) is 2.53. The third-order valence-electron chi connectivity index (χ3n) is 8.53. The average Bonchev–Trinajstić information content (AvgIpc) is 3.15. The highest BCUT2D eigenvalue weighted by atomic mass is 35.5. The van der Waals surface area contributed by atoms with Crippen LogP contribution in [0, 0.1) is 11.8 Å². The van der Waals surface area contributed by atoms with Crippen molar-refractivity contribution in [2.45, 2.75) is 69.4 Å². The van der Waals surface area contributed by atoms with E-state index in [9.17, 15) is 9.90 Å². The fourth-order valence-electron chi connectivity index (χ4n) is 6.67. The minimum Gasteiger partial charge on any atom is -0.486 e. The number of rotatable bonds is 6. The molecular formula is C29H36ClNO5. The molecule has 1 spiro atoms. The number of aliphatic hydroxyl groups excluding tert-OH is 1. The van der Waals surface area contributed by atoms with Gasteiger partial charge in [-0.05, 0) is 104 Å². The number of methoxy groups -OCH3 is 1. The van der Waals surface area contributed by atoms with E-state index >= 15 is 0 Å². The normalized spacial score (nSPS) is 29.5. The molecule has 0 aromatic heterocycles. The molecule has 3 atom stereocenters. The van der Waals surface area contributed by atoms with Crippen molar-refractivity contribution >= 4 is 23.3 Å². The summed E-state index contributed by atoms with van der Waals surface area (Å²) in [6.45, 7) is 4.84. The molecule has 0 radical (unpaired) electrons. The van der Waals surface area contributed by atoms with Crippen LogP contribution >= 0.6 is 11.6 Å². The summed E-state index contributed by atoms with van der Waals surface area (Å²) in [5.74, 6) is 1.97. The first-order chi connectivity index (χ1) is 17.3. The Balaban J connectivity index is 1.49. The third kappa shape index (κ3) is 4.43. The Morgan fingerprint density at radius 3 is 2.69 bits per heavy atom. The van der Waals surface area contributed by atoms with E-state index < -0.39 is 5.54 Å². The highest BCUT2D eigenvalue weighted by Gasteiger charge is 2.54. The Morgan fingerprint density at radius 2 is 2.00 bits per heavy atom. The maximum Gasteiger partial charge on any atom is 0.331 e. The van der Waals surface area contributed by atoms with Crippen molar-refractivity contribution in [3.8, 4) is 11.5 Å². The third-order valence-corrected chi connectivity index (χ3v) is 8.77. The second kappa shape index (κ2) is 9.79. The fraction of sp³-hybridized carbons (Fsp3) is 0.552. The Morgan fingerprint density at radius 1 is 1.22 bits per heavy atom. The van der Waals surface area contributed by atoms with Gasteiger partial charge in [0.05, 0.1) is 7.11 Å². The second-order valence-corrected chi connectivity index (χ2v) is 11.4. The Kier molecular flexibility index (Phi) is 6.86. The van der Waals surface area contributed by atoms with E-state index in [0.717, 1.165) is 42.9 Å². The van der Waals surface area contributed by atoms with Gasteiger partial charge in [-0.3, -0.25) is 0 Å². The van der Waals surface area contributed by atoms with Crippen molar-refractivity contribution in [3.05, 3.63) is 52.5 Å². The summed E-state index contributed by atoms with van der Waals surface area (Å²) in [4.78, 5) is 13.2. The molecule has 2 N–H and O–H groups in total. The molecule has 5 rings (SSSR count). The molecule has 0 bridgehead atoms. The number of nitrogens with one attached hydrogen (secondary N) is 1. The van der Waals surface area contributed by atoms with Crippen LogP contribution in [0.2, 0.25) is 5.02 Å². The standard InChI is InChI=1S/C29H36ClNO5/c1-18(16-32)11-21-12-20-13-26-25(35-17-19(2)36-26)15-24(20)28(21)7-9-29(10-8-28,27(33)34-3)31-23-6-4-5-22(30)14-23/h4-6,13-15,18-19,21,31-32H,7-12,16-17H2,1-3H3/t18-,19-,21+,28?,29?/m1/s1. The van der Waals surface area contributed by atoms with Crippen molar-refractivity contribution in [2.75, 3.05) is 25.6 Å². The van der Waals surface area contributed by atoms with E-state index in [-0.39, 0.29) is 30.0 Å². The SMILES string of the molecule is COC(=O)C1(Nc2cccc(Cl)c2)CCC2(CC1)c1cc3c(cc1C[C@@H]2C[C@@H](C)CO)O[C@H](C)CO3. The summed E-state index contributed by atoms with van der Waals surface area (Å²) in [6.07, 6.45) is 4.85. The van der Waals surface area contributed by atoms with Gasteiger partial charge in [-0.1, -0.05) is 24.6 Å². The van der Waals surface area contributed by atoms with Crippen molar-refractivity contribution in [3.63, 3.8) is 0 Å². The maximum atomic E-state index is 13.2. The zero-order valence-electron chi connectivity index (χ0n) is 21.3. The predicted molar refractivity (Wildman–Crippen MR) is 140 cm³/mol.